The van der Waals surface area contributed by atoms with Crippen molar-refractivity contribution in [3.8, 4) is 0 Å². The first kappa shape index (κ1) is 33.4. The number of esters is 2. The summed E-state index contributed by atoms with van der Waals surface area (Å²) in [5, 5.41) is 0.171. The third-order valence-corrected chi connectivity index (χ3v) is 7.58. The van der Waals surface area contributed by atoms with Crippen molar-refractivity contribution in [1.29, 1.82) is 0 Å². The zero-order chi connectivity index (χ0) is 32.3. The van der Waals surface area contributed by atoms with Gasteiger partial charge < -0.3 is 14.2 Å². The first-order valence-corrected chi connectivity index (χ1v) is 15.3. The van der Waals surface area contributed by atoms with Crippen molar-refractivity contribution in [1.82, 2.24) is 0 Å². The summed E-state index contributed by atoms with van der Waals surface area (Å²) in [6.45, 7) is 3.37. The van der Waals surface area contributed by atoms with Gasteiger partial charge >= 0.3 is 18.0 Å². The van der Waals surface area contributed by atoms with E-state index < -0.39 is 18.0 Å². The van der Waals surface area contributed by atoms with E-state index in [1.807, 2.05) is 62.4 Å². The standard InChI is InChI=1S/C35H31BrClNO7/c1-23-8-6-7-11-28(23)34(41)29-14-13-27(21-30(29)37)38(31-15-12-26(36)20-24(31)2)35(42)44-19-18-43-32(39)16-17-33(40)45-22-25-9-4-3-5-10-25/h3-15,20-21H,16-19,22H2,1-2H3. The number of hydrogen-bond acceptors (Lipinski definition) is 7. The number of ether oxygens (including phenoxy) is 3. The van der Waals surface area contributed by atoms with Crippen LogP contribution in [0.1, 0.15) is 45.5 Å². The molecular formula is C35H31BrClNO7. The van der Waals surface area contributed by atoms with Gasteiger partial charge in [-0.25, -0.2) is 9.69 Å². The maximum absolute atomic E-state index is 13.4. The number of hydrogen-bond donors (Lipinski definition) is 0. The van der Waals surface area contributed by atoms with E-state index in [0.717, 1.165) is 21.2 Å². The summed E-state index contributed by atoms with van der Waals surface area (Å²) in [6.07, 6.45) is -1.04. The molecule has 0 saturated heterocycles. The van der Waals surface area contributed by atoms with Crippen LogP contribution >= 0.6 is 27.5 Å². The summed E-state index contributed by atoms with van der Waals surface area (Å²) in [7, 11) is 0. The Morgan fingerprint density at radius 2 is 1.38 bits per heavy atom. The van der Waals surface area contributed by atoms with Crippen molar-refractivity contribution in [2.45, 2.75) is 33.3 Å². The zero-order valence-electron chi connectivity index (χ0n) is 24.8. The van der Waals surface area contributed by atoms with Gasteiger partial charge in [-0.1, -0.05) is 82.1 Å². The molecule has 0 atom stereocenters. The van der Waals surface area contributed by atoms with E-state index in [2.05, 4.69) is 15.9 Å². The molecule has 0 aliphatic rings. The molecule has 0 N–H and O–H groups in total. The molecule has 0 fully saturated rings. The average Bonchev–Trinajstić information content (AvgIpc) is 3.03. The van der Waals surface area contributed by atoms with Gasteiger partial charge in [0.25, 0.3) is 0 Å². The summed E-state index contributed by atoms with van der Waals surface area (Å²) in [5.74, 6) is -1.37. The summed E-state index contributed by atoms with van der Waals surface area (Å²) in [6, 6.07) is 26.5. The highest BCUT2D eigenvalue weighted by atomic mass is 79.9. The van der Waals surface area contributed by atoms with E-state index in [1.165, 1.54) is 11.0 Å². The number of halogens is 2. The van der Waals surface area contributed by atoms with Crippen LogP contribution in [0.2, 0.25) is 5.02 Å². The second-order valence-electron chi connectivity index (χ2n) is 10.1. The van der Waals surface area contributed by atoms with Gasteiger partial charge in [-0.2, -0.15) is 0 Å². The van der Waals surface area contributed by atoms with Crippen LogP contribution in [0.3, 0.4) is 0 Å². The Labute approximate surface area is 275 Å². The number of amides is 1. The number of nitrogens with zero attached hydrogens (tertiary/aromatic N) is 1. The normalized spacial score (nSPS) is 10.6. The number of aryl methyl sites for hydroxylation is 2. The molecule has 4 aromatic carbocycles. The number of carbonyl (C=O) groups excluding carboxylic acids is 4. The zero-order valence-corrected chi connectivity index (χ0v) is 27.1. The van der Waals surface area contributed by atoms with E-state index >= 15 is 0 Å². The van der Waals surface area contributed by atoms with Crippen LogP contribution in [0.5, 0.6) is 0 Å². The Morgan fingerprint density at radius 3 is 2.07 bits per heavy atom. The minimum atomic E-state index is -0.741. The predicted octanol–water partition coefficient (Wildman–Crippen LogP) is 8.29. The van der Waals surface area contributed by atoms with Crippen LogP contribution in [-0.4, -0.2) is 37.0 Å². The molecule has 0 aliphatic carbocycles. The molecule has 10 heteroatoms. The van der Waals surface area contributed by atoms with Gasteiger partial charge in [-0.05, 0) is 66.9 Å². The molecular weight excluding hydrogens is 662 g/mol. The SMILES string of the molecule is Cc1ccccc1C(=O)c1ccc(N(C(=O)OCCOC(=O)CCC(=O)OCc2ccccc2)c2ccc(Br)cc2C)cc1Cl. The second-order valence-corrected chi connectivity index (χ2v) is 11.4. The molecule has 0 bridgehead atoms. The fraction of sp³-hybridized carbons (Fsp3) is 0.200. The Balaban J connectivity index is 1.37. The quantitative estimate of drug-likeness (QED) is 0.0638. The van der Waals surface area contributed by atoms with Gasteiger partial charge in [0, 0.05) is 15.6 Å². The molecule has 0 aromatic heterocycles. The molecule has 0 aliphatic heterocycles. The summed E-state index contributed by atoms with van der Waals surface area (Å²) in [5.41, 5.74) is 4.17. The Morgan fingerprint density at radius 1 is 0.711 bits per heavy atom. The molecule has 0 unspecified atom stereocenters. The highest BCUT2D eigenvalue weighted by Crippen LogP contribution is 2.34. The van der Waals surface area contributed by atoms with Gasteiger partial charge in [-0.3, -0.25) is 14.4 Å². The maximum Gasteiger partial charge on any atom is 0.419 e. The van der Waals surface area contributed by atoms with Crippen molar-refractivity contribution < 1.29 is 33.4 Å². The van der Waals surface area contributed by atoms with Gasteiger partial charge in [-0.15, -0.1) is 0 Å². The van der Waals surface area contributed by atoms with Crippen molar-refractivity contribution in [3.05, 3.63) is 128 Å². The summed E-state index contributed by atoms with van der Waals surface area (Å²) < 4.78 is 16.6. The molecule has 232 valence electrons. The number of benzene rings is 4. The number of ketones is 1. The fourth-order valence-electron chi connectivity index (χ4n) is 4.45. The molecule has 4 rings (SSSR count). The van der Waals surface area contributed by atoms with Crippen molar-refractivity contribution >= 4 is 62.7 Å². The Hall–Kier alpha value is -4.47. The van der Waals surface area contributed by atoms with Gasteiger partial charge in [0.15, 0.2) is 5.78 Å². The Kier molecular flexibility index (Phi) is 11.9. The molecule has 4 aromatic rings. The lowest BCUT2D eigenvalue weighted by molar-refractivity contribution is -0.151. The minimum absolute atomic E-state index is 0.121. The molecule has 0 heterocycles. The number of anilines is 2. The van der Waals surface area contributed by atoms with E-state index in [0.29, 0.717) is 22.5 Å². The molecule has 8 nitrogen and oxygen atoms in total. The van der Waals surface area contributed by atoms with Gasteiger partial charge in [0.1, 0.15) is 19.8 Å². The maximum atomic E-state index is 13.4. The third kappa shape index (κ3) is 9.26. The van der Waals surface area contributed by atoms with E-state index in [1.54, 1.807) is 36.4 Å². The largest absolute Gasteiger partial charge is 0.462 e. The summed E-state index contributed by atoms with van der Waals surface area (Å²) >= 11 is 10.0. The van der Waals surface area contributed by atoms with Crippen LogP contribution in [0.15, 0.2) is 95.5 Å². The first-order valence-electron chi connectivity index (χ1n) is 14.1. The van der Waals surface area contributed by atoms with Crippen molar-refractivity contribution in [2.24, 2.45) is 0 Å². The van der Waals surface area contributed by atoms with E-state index in [-0.39, 0.29) is 43.5 Å². The van der Waals surface area contributed by atoms with Gasteiger partial charge in [0.05, 0.1) is 29.2 Å². The lowest BCUT2D eigenvalue weighted by atomic mass is 9.99. The lowest BCUT2D eigenvalue weighted by Gasteiger charge is -2.25. The minimum Gasteiger partial charge on any atom is -0.462 e. The van der Waals surface area contributed by atoms with Crippen LogP contribution in [-0.2, 0) is 30.4 Å². The fourth-order valence-corrected chi connectivity index (χ4v) is 5.18. The molecule has 0 spiro atoms. The van der Waals surface area contributed by atoms with Crippen molar-refractivity contribution in [2.75, 3.05) is 18.1 Å². The van der Waals surface area contributed by atoms with E-state index in [4.69, 9.17) is 25.8 Å². The monoisotopic (exact) mass is 691 g/mol. The van der Waals surface area contributed by atoms with Crippen LogP contribution in [0.4, 0.5) is 16.2 Å². The van der Waals surface area contributed by atoms with Crippen LogP contribution in [0.25, 0.3) is 0 Å². The van der Waals surface area contributed by atoms with Crippen LogP contribution in [0, 0.1) is 13.8 Å². The third-order valence-electron chi connectivity index (χ3n) is 6.78. The molecule has 0 saturated carbocycles. The van der Waals surface area contributed by atoms with E-state index in [9.17, 15) is 19.2 Å². The Bertz CT molecular complexity index is 1690. The van der Waals surface area contributed by atoms with Gasteiger partial charge in [0.2, 0.25) is 0 Å². The average molecular weight is 693 g/mol. The molecule has 45 heavy (non-hydrogen) atoms. The second kappa shape index (κ2) is 16.0. The molecule has 1 amide bonds. The van der Waals surface area contributed by atoms with Crippen molar-refractivity contribution in [3.63, 3.8) is 0 Å². The lowest BCUT2D eigenvalue weighted by Crippen LogP contribution is -2.29. The highest BCUT2D eigenvalue weighted by Gasteiger charge is 2.24. The highest BCUT2D eigenvalue weighted by molar-refractivity contribution is 9.10. The predicted molar refractivity (Wildman–Crippen MR) is 175 cm³/mol. The molecule has 0 radical (unpaired) electrons. The summed E-state index contributed by atoms with van der Waals surface area (Å²) in [4.78, 5) is 52.1. The number of carbonyl (C=O) groups is 4. The number of rotatable bonds is 12. The first-order chi connectivity index (χ1) is 21.6. The topological polar surface area (TPSA) is 99.2 Å². The smallest absolute Gasteiger partial charge is 0.419 e. The van der Waals surface area contributed by atoms with Crippen LogP contribution < -0.4 is 4.90 Å².